The van der Waals surface area contributed by atoms with Crippen molar-refractivity contribution in [2.45, 2.75) is 37.7 Å². The Hall–Kier alpha value is -2.22. The third kappa shape index (κ3) is 2.21. The highest BCUT2D eigenvalue weighted by Crippen LogP contribution is 2.30. The van der Waals surface area contributed by atoms with Gasteiger partial charge < -0.3 is 10.8 Å². The van der Waals surface area contributed by atoms with E-state index in [1.807, 2.05) is 0 Å². The number of hydrogen-bond acceptors (Lipinski definition) is 6. The van der Waals surface area contributed by atoms with Crippen LogP contribution in [0.3, 0.4) is 0 Å². The van der Waals surface area contributed by atoms with E-state index >= 15 is 0 Å². The highest BCUT2D eigenvalue weighted by molar-refractivity contribution is 5.70. The quantitative estimate of drug-likeness (QED) is 0.657. The molecule has 0 bridgehead atoms. The normalized spacial score (nSPS) is 22.6. The predicted molar refractivity (Wildman–Crippen MR) is 77.0 cm³/mol. The molecular formula is C13H17N5O3. The van der Waals surface area contributed by atoms with Crippen molar-refractivity contribution in [3.8, 4) is 0 Å². The van der Waals surface area contributed by atoms with Gasteiger partial charge in [-0.15, -0.1) is 0 Å². The summed E-state index contributed by atoms with van der Waals surface area (Å²) in [6.45, 7) is 0. The molecule has 0 spiro atoms. The van der Waals surface area contributed by atoms with Gasteiger partial charge in [-0.3, -0.25) is 19.1 Å². The largest absolute Gasteiger partial charge is 0.392 e. The topological polar surface area (TPSA) is 127 Å². The summed E-state index contributed by atoms with van der Waals surface area (Å²) < 4.78 is 1.27. The van der Waals surface area contributed by atoms with Crippen LogP contribution in [-0.4, -0.2) is 30.7 Å². The molecular weight excluding hydrogens is 274 g/mol. The van der Waals surface area contributed by atoms with Crippen molar-refractivity contribution in [2.75, 3.05) is 5.73 Å². The second-order valence-electron chi connectivity index (χ2n) is 5.44. The number of fused-ring (bicyclic) bond motifs is 1. The van der Waals surface area contributed by atoms with E-state index in [-0.39, 0.29) is 34.3 Å². The molecule has 2 aromatic rings. The summed E-state index contributed by atoms with van der Waals surface area (Å²) in [5, 5.41) is 10.1. The number of aromatic nitrogens is 4. The molecule has 4 N–H and O–H groups in total. The zero-order valence-corrected chi connectivity index (χ0v) is 11.7. The van der Waals surface area contributed by atoms with Gasteiger partial charge in [-0.05, 0) is 12.8 Å². The average molecular weight is 291 g/mol. The maximum Gasteiger partial charge on any atom is 0.280 e. The van der Waals surface area contributed by atoms with Crippen molar-refractivity contribution in [2.24, 2.45) is 7.05 Å². The molecule has 8 nitrogen and oxygen atoms in total. The van der Waals surface area contributed by atoms with Gasteiger partial charge in [0, 0.05) is 13.0 Å². The molecule has 0 saturated heterocycles. The summed E-state index contributed by atoms with van der Waals surface area (Å²) in [6.07, 6.45) is 2.60. The Bertz CT molecular complexity index is 810. The van der Waals surface area contributed by atoms with Crippen LogP contribution < -0.4 is 16.9 Å². The van der Waals surface area contributed by atoms with Gasteiger partial charge >= 0.3 is 0 Å². The van der Waals surface area contributed by atoms with Crippen LogP contribution in [-0.2, 0) is 7.05 Å². The van der Waals surface area contributed by atoms with E-state index in [9.17, 15) is 14.7 Å². The average Bonchev–Trinajstić information content (AvgIpc) is 2.44. The molecule has 1 fully saturated rings. The highest BCUT2D eigenvalue weighted by Gasteiger charge is 2.29. The van der Waals surface area contributed by atoms with Crippen LogP contribution in [0, 0.1) is 0 Å². The Labute approximate surface area is 119 Å². The first-order valence-corrected chi connectivity index (χ1v) is 6.93. The molecule has 0 aliphatic heterocycles. The third-order valence-electron chi connectivity index (χ3n) is 4.05. The van der Waals surface area contributed by atoms with Crippen LogP contribution in [0.2, 0.25) is 0 Å². The van der Waals surface area contributed by atoms with Gasteiger partial charge in [-0.2, -0.15) is 4.98 Å². The number of nitrogens with one attached hydrogen (secondary N) is 1. The van der Waals surface area contributed by atoms with Gasteiger partial charge in [0.1, 0.15) is 5.69 Å². The molecule has 112 valence electrons. The van der Waals surface area contributed by atoms with Crippen molar-refractivity contribution >= 4 is 17.1 Å². The summed E-state index contributed by atoms with van der Waals surface area (Å²) >= 11 is 0. The highest BCUT2D eigenvalue weighted by atomic mass is 16.3. The number of aliphatic hydroxyl groups is 1. The summed E-state index contributed by atoms with van der Waals surface area (Å²) in [4.78, 5) is 34.9. The van der Waals surface area contributed by atoms with Crippen molar-refractivity contribution in [3.05, 3.63) is 26.4 Å². The van der Waals surface area contributed by atoms with Crippen molar-refractivity contribution in [1.29, 1.82) is 0 Å². The Morgan fingerprint density at radius 3 is 2.71 bits per heavy atom. The predicted octanol–water partition coefficient (Wildman–Crippen LogP) is -0.383. The van der Waals surface area contributed by atoms with Gasteiger partial charge in [0.2, 0.25) is 5.95 Å². The molecule has 1 aliphatic rings. The number of nitrogen functional groups attached to an aromatic ring is 1. The lowest BCUT2D eigenvalue weighted by molar-refractivity contribution is 0.104. The van der Waals surface area contributed by atoms with Crippen molar-refractivity contribution < 1.29 is 5.11 Å². The fraction of sp³-hybridized carbons (Fsp3) is 0.538. The van der Waals surface area contributed by atoms with E-state index < -0.39 is 11.7 Å². The SMILES string of the molecule is Cn1c(=O)c([C@@H]2CCCC[C@@H]2O)nc2c(=O)[nH]c(N)nc21. The molecule has 3 rings (SSSR count). The van der Waals surface area contributed by atoms with Crippen molar-refractivity contribution in [1.82, 2.24) is 19.5 Å². The lowest BCUT2D eigenvalue weighted by Gasteiger charge is -2.26. The minimum atomic E-state index is -0.600. The maximum atomic E-state index is 12.4. The maximum absolute atomic E-state index is 12.4. The summed E-state index contributed by atoms with van der Waals surface area (Å²) in [5.74, 6) is -0.395. The standard InChI is InChI=1S/C13H17N5O3/c1-18-10-9(11(20)17-13(14)16-10)15-8(12(18)21)6-4-2-3-5-7(6)19/h6-7,19H,2-5H2,1H3,(H3,14,16,17,20)/t6-,7+/m1/s1. The molecule has 1 saturated carbocycles. The third-order valence-corrected chi connectivity index (χ3v) is 4.05. The first kappa shape index (κ1) is 13.7. The van der Waals surface area contributed by atoms with Gasteiger partial charge in [0.05, 0.1) is 6.10 Å². The first-order chi connectivity index (χ1) is 9.99. The molecule has 0 aromatic carbocycles. The van der Waals surface area contributed by atoms with Crippen LogP contribution in [0.4, 0.5) is 5.95 Å². The van der Waals surface area contributed by atoms with E-state index in [1.165, 1.54) is 11.6 Å². The number of aromatic amines is 1. The molecule has 21 heavy (non-hydrogen) atoms. The lowest BCUT2D eigenvalue weighted by atomic mass is 9.84. The number of rotatable bonds is 1. The van der Waals surface area contributed by atoms with E-state index in [0.717, 1.165) is 12.8 Å². The van der Waals surface area contributed by atoms with Gasteiger partial charge in [-0.25, -0.2) is 4.98 Å². The van der Waals surface area contributed by atoms with Gasteiger partial charge in [0.25, 0.3) is 11.1 Å². The Morgan fingerprint density at radius 1 is 1.29 bits per heavy atom. The molecule has 1 aliphatic carbocycles. The zero-order chi connectivity index (χ0) is 15.1. The smallest absolute Gasteiger partial charge is 0.280 e. The van der Waals surface area contributed by atoms with Crippen molar-refractivity contribution in [3.63, 3.8) is 0 Å². The molecule has 8 heteroatoms. The van der Waals surface area contributed by atoms with Crippen LogP contribution in [0.15, 0.2) is 9.59 Å². The Balaban J connectivity index is 2.27. The van der Waals surface area contributed by atoms with Crippen LogP contribution in [0.1, 0.15) is 37.3 Å². The van der Waals surface area contributed by atoms with Gasteiger partial charge in [0.15, 0.2) is 11.2 Å². The summed E-state index contributed by atoms with van der Waals surface area (Å²) in [6, 6.07) is 0. The number of hydrogen-bond donors (Lipinski definition) is 3. The number of anilines is 1. The molecule has 0 amide bonds. The summed E-state index contributed by atoms with van der Waals surface area (Å²) in [7, 11) is 1.52. The zero-order valence-electron chi connectivity index (χ0n) is 11.7. The second kappa shape index (κ2) is 4.96. The Morgan fingerprint density at radius 2 is 2.00 bits per heavy atom. The van der Waals surface area contributed by atoms with E-state index in [0.29, 0.717) is 12.8 Å². The fourth-order valence-electron chi connectivity index (χ4n) is 2.91. The number of aliphatic hydroxyl groups excluding tert-OH is 1. The van der Waals surface area contributed by atoms with Crippen LogP contribution in [0.5, 0.6) is 0 Å². The number of nitrogens with zero attached hydrogens (tertiary/aromatic N) is 3. The fourth-order valence-corrected chi connectivity index (χ4v) is 2.91. The number of aryl methyl sites for hydroxylation is 1. The molecule has 2 heterocycles. The summed E-state index contributed by atoms with van der Waals surface area (Å²) in [5.41, 5.74) is 5.12. The Kier molecular flexibility index (Phi) is 3.25. The van der Waals surface area contributed by atoms with Crippen LogP contribution in [0.25, 0.3) is 11.2 Å². The van der Waals surface area contributed by atoms with Crippen LogP contribution >= 0.6 is 0 Å². The van der Waals surface area contributed by atoms with Gasteiger partial charge in [-0.1, -0.05) is 12.8 Å². The monoisotopic (exact) mass is 291 g/mol. The minimum Gasteiger partial charge on any atom is -0.392 e. The number of H-pyrrole nitrogens is 1. The minimum absolute atomic E-state index is 0.0604. The number of nitrogens with two attached hydrogens (primary N) is 1. The molecule has 2 aromatic heterocycles. The first-order valence-electron chi connectivity index (χ1n) is 6.93. The van der Waals surface area contributed by atoms with E-state index in [1.54, 1.807) is 0 Å². The lowest BCUT2D eigenvalue weighted by Crippen LogP contribution is -2.34. The molecule has 2 atom stereocenters. The van der Waals surface area contributed by atoms with E-state index in [2.05, 4.69) is 15.0 Å². The second-order valence-corrected chi connectivity index (χ2v) is 5.44. The molecule has 0 radical (unpaired) electrons. The molecule has 0 unspecified atom stereocenters. The van der Waals surface area contributed by atoms with E-state index in [4.69, 9.17) is 5.73 Å².